The summed E-state index contributed by atoms with van der Waals surface area (Å²) in [7, 11) is 3.27. The van der Waals surface area contributed by atoms with E-state index in [2.05, 4.69) is 6.07 Å². The van der Waals surface area contributed by atoms with Gasteiger partial charge in [-0.25, -0.2) is 5.01 Å². The van der Waals surface area contributed by atoms with Gasteiger partial charge in [0.25, 0.3) is 0 Å². The van der Waals surface area contributed by atoms with Gasteiger partial charge in [0, 0.05) is 12.0 Å². The number of rotatable bonds is 4. The first-order valence-electron chi connectivity index (χ1n) is 9.16. The van der Waals surface area contributed by atoms with E-state index in [0.717, 1.165) is 34.8 Å². The van der Waals surface area contributed by atoms with Crippen molar-refractivity contribution in [2.24, 2.45) is 5.10 Å². The zero-order valence-electron chi connectivity index (χ0n) is 15.7. The van der Waals surface area contributed by atoms with Crippen LogP contribution in [0.15, 0.2) is 70.4 Å². The predicted molar refractivity (Wildman–Crippen MR) is 104 cm³/mol. The molecule has 0 radical (unpaired) electrons. The molecule has 0 spiro atoms. The van der Waals surface area contributed by atoms with E-state index in [4.69, 9.17) is 23.7 Å². The molecule has 5 rings (SSSR count). The van der Waals surface area contributed by atoms with Gasteiger partial charge in [-0.3, -0.25) is 0 Å². The number of fused-ring (bicyclic) bond motifs is 3. The van der Waals surface area contributed by atoms with Crippen LogP contribution >= 0.6 is 0 Å². The normalized spacial score (nSPS) is 20.1. The second-order valence-electron chi connectivity index (χ2n) is 6.71. The predicted octanol–water partition coefficient (Wildman–Crippen LogP) is 4.54. The fraction of sp³-hybridized carbons (Fsp3) is 0.227. The molecule has 1 aromatic heterocycles. The highest BCUT2D eigenvalue weighted by Crippen LogP contribution is 2.49. The minimum Gasteiger partial charge on any atom is -0.493 e. The number of hydrazone groups is 1. The van der Waals surface area contributed by atoms with Crippen molar-refractivity contribution in [2.45, 2.75) is 18.7 Å². The van der Waals surface area contributed by atoms with Crippen LogP contribution in [0.25, 0.3) is 0 Å². The second-order valence-corrected chi connectivity index (χ2v) is 6.71. The Morgan fingerprint density at radius 2 is 1.82 bits per heavy atom. The molecule has 0 N–H and O–H groups in total. The van der Waals surface area contributed by atoms with Crippen molar-refractivity contribution in [2.75, 3.05) is 14.2 Å². The molecule has 3 heterocycles. The number of methoxy groups -OCH3 is 2. The molecule has 0 unspecified atom stereocenters. The summed E-state index contributed by atoms with van der Waals surface area (Å²) in [5, 5.41) is 6.87. The number of hydrogen-bond donors (Lipinski definition) is 0. The molecule has 142 valence electrons. The monoisotopic (exact) mass is 376 g/mol. The highest BCUT2D eigenvalue weighted by atomic mass is 16.5. The number of ether oxygens (including phenoxy) is 3. The van der Waals surface area contributed by atoms with E-state index in [0.29, 0.717) is 11.5 Å². The second kappa shape index (κ2) is 6.64. The Hall–Kier alpha value is -3.41. The zero-order chi connectivity index (χ0) is 19.1. The summed E-state index contributed by atoms with van der Waals surface area (Å²) >= 11 is 0. The topological polar surface area (TPSA) is 56.4 Å². The van der Waals surface area contributed by atoms with Crippen LogP contribution in [0.1, 0.15) is 35.6 Å². The van der Waals surface area contributed by atoms with Gasteiger partial charge in [-0.05, 0) is 30.3 Å². The van der Waals surface area contributed by atoms with Crippen molar-refractivity contribution in [3.63, 3.8) is 0 Å². The number of hydrogen-bond acceptors (Lipinski definition) is 6. The van der Waals surface area contributed by atoms with Crippen LogP contribution in [0.3, 0.4) is 0 Å². The van der Waals surface area contributed by atoms with Gasteiger partial charge < -0.3 is 18.6 Å². The van der Waals surface area contributed by atoms with Crippen LogP contribution < -0.4 is 14.2 Å². The molecular formula is C22H20N2O4. The summed E-state index contributed by atoms with van der Waals surface area (Å²) in [5.41, 5.74) is 2.89. The smallest absolute Gasteiger partial charge is 0.217 e. The third-order valence-electron chi connectivity index (χ3n) is 5.20. The van der Waals surface area contributed by atoms with Gasteiger partial charge in [0.1, 0.15) is 17.2 Å². The Bertz CT molecular complexity index is 1030. The summed E-state index contributed by atoms with van der Waals surface area (Å²) in [6.45, 7) is 0. The van der Waals surface area contributed by atoms with Crippen molar-refractivity contribution in [3.8, 4) is 17.2 Å². The average Bonchev–Trinajstić information content (AvgIpc) is 3.42. The van der Waals surface area contributed by atoms with Gasteiger partial charge >= 0.3 is 0 Å². The van der Waals surface area contributed by atoms with Gasteiger partial charge in [-0.15, -0.1) is 0 Å². The molecular weight excluding hydrogens is 356 g/mol. The Labute approximate surface area is 162 Å². The van der Waals surface area contributed by atoms with E-state index in [-0.39, 0.29) is 6.04 Å². The van der Waals surface area contributed by atoms with Crippen LogP contribution in [-0.4, -0.2) is 24.9 Å². The van der Waals surface area contributed by atoms with Crippen LogP contribution in [-0.2, 0) is 0 Å². The van der Waals surface area contributed by atoms with Crippen LogP contribution in [0.4, 0.5) is 0 Å². The van der Waals surface area contributed by atoms with E-state index >= 15 is 0 Å². The molecule has 0 saturated carbocycles. The van der Waals surface area contributed by atoms with Crippen molar-refractivity contribution in [1.82, 2.24) is 5.01 Å². The summed E-state index contributed by atoms with van der Waals surface area (Å²) in [4.78, 5) is 0. The Morgan fingerprint density at radius 1 is 0.964 bits per heavy atom. The molecule has 0 aliphatic carbocycles. The van der Waals surface area contributed by atoms with Crippen molar-refractivity contribution < 1.29 is 18.6 Å². The van der Waals surface area contributed by atoms with Crippen LogP contribution in [0.5, 0.6) is 17.2 Å². The first-order valence-corrected chi connectivity index (χ1v) is 9.16. The third-order valence-corrected chi connectivity index (χ3v) is 5.20. The molecule has 2 aromatic carbocycles. The van der Waals surface area contributed by atoms with E-state index in [1.54, 1.807) is 20.5 Å². The minimum atomic E-state index is -0.433. The average molecular weight is 376 g/mol. The molecule has 6 nitrogen and oxygen atoms in total. The van der Waals surface area contributed by atoms with Gasteiger partial charge in [-0.1, -0.05) is 24.3 Å². The van der Waals surface area contributed by atoms with Gasteiger partial charge in [0.2, 0.25) is 6.23 Å². The lowest BCUT2D eigenvalue weighted by Crippen LogP contribution is -2.34. The first kappa shape index (κ1) is 16.7. The van der Waals surface area contributed by atoms with Crippen molar-refractivity contribution >= 4 is 5.71 Å². The molecule has 0 bridgehead atoms. The fourth-order valence-electron chi connectivity index (χ4n) is 3.94. The lowest BCUT2D eigenvalue weighted by Gasteiger charge is -2.38. The van der Waals surface area contributed by atoms with E-state index < -0.39 is 6.23 Å². The lowest BCUT2D eigenvalue weighted by atomic mass is 9.97. The van der Waals surface area contributed by atoms with Gasteiger partial charge in [0.15, 0.2) is 11.5 Å². The molecule has 3 aromatic rings. The maximum Gasteiger partial charge on any atom is 0.217 e. The first-order chi connectivity index (χ1) is 13.8. The molecule has 2 aliphatic heterocycles. The molecule has 28 heavy (non-hydrogen) atoms. The van der Waals surface area contributed by atoms with Gasteiger partial charge in [0.05, 0.1) is 32.1 Å². The molecule has 2 aliphatic rings. The largest absolute Gasteiger partial charge is 0.493 e. The number of furan rings is 1. The van der Waals surface area contributed by atoms with E-state index in [1.165, 1.54) is 0 Å². The number of para-hydroxylation sites is 2. The molecule has 0 amide bonds. The summed E-state index contributed by atoms with van der Waals surface area (Å²) < 4.78 is 23.1. The SMILES string of the molecule is COc1cccc([C@@H]2Oc3ccccc3[C@H]3CC(c4ccco4)=NN32)c1OC. The van der Waals surface area contributed by atoms with E-state index in [1.807, 2.05) is 53.5 Å². The molecule has 6 heteroatoms. The highest BCUT2D eigenvalue weighted by molar-refractivity contribution is 5.99. The molecule has 0 fully saturated rings. The van der Waals surface area contributed by atoms with Crippen LogP contribution in [0, 0.1) is 0 Å². The lowest BCUT2D eigenvalue weighted by molar-refractivity contribution is -0.0205. The maximum absolute atomic E-state index is 6.39. The number of nitrogens with zero attached hydrogens (tertiary/aromatic N) is 2. The quantitative estimate of drug-likeness (QED) is 0.669. The molecule has 2 atom stereocenters. The van der Waals surface area contributed by atoms with Crippen LogP contribution in [0.2, 0.25) is 0 Å². The summed E-state index contributed by atoms with van der Waals surface area (Å²) in [5.74, 6) is 2.95. The van der Waals surface area contributed by atoms with Crippen molar-refractivity contribution in [3.05, 3.63) is 77.7 Å². The minimum absolute atomic E-state index is 0.0611. The standard InChI is InChI=1S/C22H20N2O4/c1-25-20-10-5-8-15(21(20)26-2)22-24-17(14-7-3-4-9-18(14)28-22)13-16(23-24)19-11-6-12-27-19/h3-12,17,22H,13H2,1-2H3/t17-,22+/m1/s1. The summed E-state index contributed by atoms with van der Waals surface area (Å²) in [6, 6.07) is 17.8. The zero-order valence-corrected chi connectivity index (χ0v) is 15.7. The highest BCUT2D eigenvalue weighted by Gasteiger charge is 2.42. The summed E-state index contributed by atoms with van der Waals surface area (Å²) in [6.07, 6.45) is 1.98. The molecule has 0 saturated heterocycles. The number of benzene rings is 2. The Kier molecular flexibility index (Phi) is 3.97. The van der Waals surface area contributed by atoms with Crippen molar-refractivity contribution in [1.29, 1.82) is 0 Å². The Balaban J connectivity index is 1.64. The Morgan fingerprint density at radius 3 is 2.61 bits per heavy atom. The third kappa shape index (κ3) is 2.52. The maximum atomic E-state index is 6.39. The van der Waals surface area contributed by atoms with E-state index in [9.17, 15) is 0 Å². The van der Waals surface area contributed by atoms with Gasteiger partial charge in [-0.2, -0.15) is 5.10 Å². The fourth-order valence-corrected chi connectivity index (χ4v) is 3.94.